The number of carbonyl (C=O) groups is 1. The quantitative estimate of drug-likeness (QED) is 0.695. The Morgan fingerprint density at radius 3 is 3.00 bits per heavy atom. The fourth-order valence-electron chi connectivity index (χ4n) is 2.13. The van der Waals surface area contributed by atoms with Crippen molar-refractivity contribution in [3.63, 3.8) is 0 Å². The van der Waals surface area contributed by atoms with Gasteiger partial charge in [0.1, 0.15) is 0 Å². The molecule has 88 valence electrons. The highest BCUT2D eigenvalue weighted by Crippen LogP contribution is 2.16. The van der Waals surface area contributed by atoms with Gasteiger partial charge < -0.3 is 10.4 Å². The number of likely N-dealkylation sites (tertiary alicyclic amines) is 1. The topological polar surface area (TPSA) is 52.6 Å². The van der Waals surface area contributed by atoms with Crippen molar-refractivity contribution in [1.29, 1.82) is 0 Å². The van der Waals surface area contributed by atoms with Gasteiger partial charge in [-0.2, -0.15) is 0 Å². The van der Waals surface area contributed by atoms with E-state index in [1.165, 1.54) is 12.8 Å². The number of rotatable bonds is 5. The van der Waals surface area contributed by atoms with Crippen LogP contribution in [0.2, 0.25) is 0 Å². The Hall–Kier alpha value is -0.610. The van der Waals surface area contributed by atoms with Crippen LogP contribution in [0.15, 0.2) is 0 Å². The van der Waals surface area contributed by atoms with E-state index in [-0.39, 0.29) is 12.5 Å². The Morgan fingerprint density at radius 1 is 1.53 bits per heavy atom. The molecule has 1 aliphatic heterocycles. The van der Waals surface area contributed by atoms with Crippen molar-refractivity contribution in [1.82, 2.24) is 10.2 Å². The van der Waals surface area contributed by atoms with E-state index in [2.05, 4.69) is 10.2 Å². The van der Waals surface area contributed by atoms with Crippen LogP contribution in [0.4, 0.5) is 0 Å². The van der Waals surface area contributed by atoms with Crippen LogP contribution in [0.3, 0.4) is 0 Å². The van der Waals surface area contributed by atoms with Crippen LogP contribution in [0.25, 0.3) is 0 Å². The van der Waals surface area contributed by atoms with Crippen molar-refractivity contribution >= 4 is 5.91 Å². The highest BCUT2D eigenvalue weighted by atomic mass is 16.3. The van der Waals surface area contributed by atoms with E-state index in [0.717, 1.165) is 25.9 Å². The molecule has 0 bridgehead atoms. The molecule has 15 heavy (non-hydrogen) atoms. The van der Waals surface area contributed by atoms with Crippen molar-refractivity contribution in [2.45, 2.75) is 38.1 Å². The maximum absolute atomic E-state index is 11.0. The van der Waals surface area contributed by atoms with Gasteiger partial charge in [-0.25, -0.2) is 0 Å². The van der Waals surface area contributed by atoms with Gasteiger partial charge in [0, 0.05) is 19.5 Å². The Balaban J connectivity index is 2.20. The van der Waals surface area contributed by atoms with Crippen molar-refractivity contribution < 1.29 is 9.90 Å². The molecule has 0 aliphatic carbocycles. The molecular weight excluding hydrogens is 192 g/mol. The summed E-state index contributed by atoms with van der Waals surface area (Å²) in [5, 5.41) is 11.8. The first-order chi connectivity index (χ1) is 7.27. The lowest BCUT2D eigenvalue weighted by Crippen LogP contribution is -2.42. The first-order valence-corrected chi connectivity index (χ1v) is 5.83. The zero-order valence-corrected chi connectivity index (χ0v) is 9.54. The minimum absolute atomic E-state index is 0.104. The summed E-state index contributed by atoms with van der Waals surface area (Å²) in [6.07, 6.45) is 5.01. The highest BCUT2D eigenvalue weighted by Gasteiger charge is 2.20. The molecule has 1 saturated heterocycles. The molecule has 1 aliphatic rings. The molecule has 4 nitrogen and oxygen atoms in total. The van der Waals surface area contributed by atoms with Crippen LogP contribution < -0.4 is 5.32 Å². The van der Waals surface area contributed by atoms with E-state index in [1.807, 2.05) is 0 Å². The average Bonchev–Trinajstić information content (AvgIpc) is 2.29. The van der Waals surface area contributed by atoms with Crippen LogP contribution in [-0.4, -0.2) is 48.7 Å². The predicted octanol–water partition coefficient (Wildman–Crippen LogP) is 0.359. The van der Waals surface area contributed by atoms with Gasteiger partial charge in [-0.05, 0) is 32.4 Å². The van der Waals surface area contributed by atoms with E-state index in [9.17, 15) is 9.90 Å². The third-order valence-corrected chi connectivity index (χ3v) is 3.09. The second-order valence-corrected chi connectivity index (χ2v) is 4.14. The van der Waals surface area contributed by atoms with Crippen LogP contribution in [-0.2, 0) is 4.79 Å². The average molecular weight is 214 g/mol. The Bertz CT molecular complexity index is 197. The molecule has 1 unspecified atom stereocenters. The normalized spacial score (nSPS) is 22.7. The number of hydrogen-bond acceptors (Lipinski definition) is 3. The fourth-order valence-corrected chi connectivity index (χ4v) is 2.13. The number of amides is 1. The first kappa shape index (κ1) is 12.5. The lowest BCUT2D eigenvalue weighted by molar-refractivity contribution is -0.120. The summed E-state index contributed by atoms with van der Waals surface area (Å²) < 4.78 is 0. The number of aliphatic hydroxyl groups excluding tert-OH is 1. The maximum atomic E-state index is 11.0. The van der Waals surface area contributed by atoms with Gasteiger partial charge in [0.25, 0.3) is 0 Å². The minimum atomic E-state index is 0.104. The number of nitrogens with one attached hydrogen (secondary N) is 1. The Labute approximate surface area is 91.6 Å². The van der Waals surface area contributed by atoms with Gasteiger partial charge in [-0.3, -0.25) is 9.69 Å². The summed E-state index contributed by atoms with van der Waals surface area (Å²) in [7, 11) is 1.67. The molecule has 0 aromatic rings. The van der Waals surface area contributed by atoms with Gasteiger partial charge >= 0.3 is 0 Å². The number of carbonyl (C=O) groups excluding carboxylic acids is 1. The molecule has 2 N–H and O–H groups in total. The number of piperidine rings is 1. The molecule has 0 radical (unpaired) electrons. The zero-order chi connectivity index (χ0) is 11.1. The predicted molar refractivity (Wildman–Crippen MR) is 59.6 cm³/mol. The van der Waals surface area contributed by atoms with Crippen LogP contribution in [0.1, 0.15) is 32.1 Å². The summed E-state index contributed by atoms with van der Waals surface area (Å²) in [5.74, 6) is 0.104. The molecule has 1 atom stereocenters. The molecule has 0 spiro atoms. The molecule has 0 aromatic carbocycles. The number of nitrogens with zero attached hydrogens (tertiary/aromatic N) is 1. The van der Waals surface area contributed by atoms with Crippen molar-refractivity contribution in [2.75, 3.05) is 26.7 Å². The lowest BCUT2D eigenvalue weighted by Gasteiger charge is -2.34. The highest BCUT2D eigenvalue weighted by molar-refractivity contribution is 5.75. The van der Waals surface area contributed by atoms with Crippen molar-refractivity contribution in [3.05, 3.63) is 0 Å². The second kappa shape index (κ2) is 6.80. The van der Waals surface area contributed by atoms with Crippen molar-refractivity contribution in [2.24, 2.45) is 0 Å². The molecule has 1 amide bonds. The van der Waals surface area contributed by atoms with Gasteiger partial charge in [0.2, 0.25) is 5.91 Å². The fraction of sp³-hybridized carbons (Fsp3) is 0.909. The van der Waals surface area contributed by atoms with Gasteiger partial charge in [0.15, 0.2) is 0 Å². The van der Waals surface area contributed by atoms with E-state index in [0.29, 0.717) is 12.5 Å². The van der Waals surface area contributed by atoms with Crippen LogP contribution in [0, 0.1) is 0 Å². The third kappa shape index (κ3) is 4.18. The van der Waals surface area contributed by atoms with E-state index < -0.39 is 0 Å². The number of aliphatic hydroxyl groups is 1. The lowest BCUT2D eigenvalue weighted by atomic mass is 10.0. The second-order valence-electron chi connectivity index (χ2n) is 4.14. The molecule has 1 rings (SSSR count). The number of hydrogen-bond donors (Lipinski definition) is 2. The third-order valence-electron chi connectivity index (χ3n) is 3.09. The zero-order valence-electron chi connectivity index (χ0n) is 9.54. The molecule has 1 heterocycles. The van der Waals surface area contributed by atoms with Gasteiger partial charge in [-0.15, -0.1) is 0 Å². The summed E-state index contributed by atoms with van der Waals surface area (Å²) >= 11 is 0. The van der Waals surface area contributed by atoms with Gasteiger partial charge in [-0.1, -0.05) is 6.42 Å². The van der Waals surface area contributed by atoms with Crippen LogP contribution >= 0.6 is 0 Å². The minimum Gasteiger partial charge on any atom is -0.395 e. The standard InChI is InChI=1S/C11H22N2O2/c1-12-11(15)6-4-8-13-7-3-2-5-10(13)9-14/h10,14H,2-9H2,1H3,(H,12,15). The molecule has 1 fully saturated rings. The SMILES string of the molecule is CNC(=O)CCCN1CCCCC1CO. The summed E-state index contributed by atoms with van der Waals surface area (Å²) in [5.41, 5.74) is 0. The Morgan fingerprint density at radius 2 is 2.33 bits per heavy atom. The summed E-state index contributed by atoms with van der Waals surface area (Å²) in [6, 6.07) is 0.323. The smallest absolute Gasteiger partial charge is 0.219 e. The van der Waals surface area contributed by atoms with Gasteiger partial charge in [0.05, 0.1) is 6.61 Å². The van der Waals surface area contributed by atoms with Crippen molar-refractivity contribution in [3.8, 4) is 0 Å². The molecule has 0 aromatic heterocycles. The van der Waals surface area contributed by atoms with Crippen LogP contribution in [0.5, 0.6) is 0 Å². The maximum Gasteiger partial charge on any atom is 0.219 e. The largest absolute Gasteiger partial charge is 0.395 e. The summed E-state index contributed by atoms with van der Waals surface area (Å²) in [6.45, 7) is 2.25. The van der Waals surface area contributed by atoms with E-state index in [1.54, 1.807) is 7.05 Å². The first-order valence-electron chi connectivity index (χ1n) is 5.83. The molecule has 0 saturated carbocycles. The van der Waals surface area contributed by atoms with E-state index in [4.69, 9.17) is 0 Å². The van der Waals surface area contributed by atoms with E-state index >= 15 is 0 Å². The summed E-state index contributed by atoms with van der Waals surface area (Å²) in [4.78, 5) is 13.3. The molecular formula is C11H22N2O2. The molecule has 4 heteroatoms. The monoisotopic (exact) mass is 214 g/mol. The Kier molecular flexibility index (Phi) is 5.65.